The van der Waals surface area contributed by atoms with Crippen LogP contribution in [0.3, 0.4) is 0 Å². The highest BCUT2D eigenvalue weighted by molar-refractivity contribution is 5.36. The van der Waals surface area contributed by atoms with Crippen LogP contribution in [0.15, 0.2) is 30.3 Å². The van der Waals surface area contributed by atoms with E-state index in [2.05, 4.69) is 4.98 Å². The van der Waals surface area contributed by atoms with E-state index < -0.39 is 11.9 Å². The van der Waals surface area contributed by atoms with Gasteiger partial charge in [-0.2, -0.15) is 0 Å². The van der Waals surface area contributed by atoms with Gasteiger partial charge in [0.1, 0.15) is 6.10 Å². The molecule has 0 bridgehead atoms. The Morgan fingerprint density at radius 1 is 1.11 bits per heavy atom. The van der Waals surface area contributed by atoms with Crippen LogP contribution >= 0.6 is 0 Å². The molecule has 0 saturated carbocycles. The van der Waals surface area contributed by atoms with E-state index >= 15 is 0 Å². The number of aromatic nitrogens is 1. The van der Waals surface area contributed by atoms with Crippen LogP contribution in [0.5, 0.6) is 5.75 Å². The van der Waals surface area contributed by atoms with Gasteiger partial charge in [-0.15, -0.1) is 0 Å². The number of halogens is 1. The van der Waals surface area contributed by atoms with Gasteiger partial charge in [-0.05, 0) is 49.2 Å². The Labute approximate surface area is 111 Å². The standard InChI is InChI=1S/C15H16FNO2/c1-9-6-12(7-10(2)17-9)15(18)11-4-5-14(19-3)13(16)8-11/h4-8,15,18H,1-3H3. The van der Waals surface area contributed by atoms with Crippen LogP contribution in [0.4, 0.5) is 4.39 Å². The average molecular weight is 261 g/mol. The smallest absolute Gasteiger partial charge is 0.165 e. The number of benzene rings is 1. The topological polar surface area (TPSA) is 42.4 Å². The summed E-state index contributed by atoms with van der Waals surface area (Å²) in [6, 6.07) is 8.03. The number of aliphatic hydroxyl groups excluding tert-OH is 1. The van der Waals surface area contributed by atoms with Crippen molar-refractivity contribution in [3.05, 3.63) is 58.7 Å². The maximum atomic E-state index is 13.6. The van der Waals surface area contributed by atoms with Crippen molar-refractivity contribution in [2.75, 3.05) is 7.11 Å². The predicted molar refractivity (Wildman–Crippen MR) is 70.7 cm³/mol. The number of rotatable bonds is 3. The summed E-state index contributed by atoms with van der Waals surface area (Å²) >= 11 is 0. The first kappa shape index (κ1) is 13.5. The third kappa shape index (κ3) is 2.90. The van der Waals surface area contributed by atoms with Gasteiger partial charge in [0.2, 0.25) is 0 Å². The normalized spacial score (nSPS) is 12.3. The highest BCUT2D eigenvalue weighted by Gasteiger charge is 2.14. The molecular formula is C15H16FNO2. The van der Waals surface area contributed by atoms with Crippen LogP contribution in [0.25, 0.3) is 0 Å². The van der Waals surface area contributed by atoms with E-state index in [0.717, 1.165) is 11.4 Å². The first-order valence-electron chi connectivity index (χ1n) is 5.98. The molecule has 4 heteroatoms. The van der Waals surface area contributed by atoms with E-state index in [0.29, 0.717) is 11.1 Å². The Bertz CT molecular complexity index is 578. The van der Waals surface area contributed by atoms with Gasteiger partial charge < -0.3 is 9.84 Å². The molecule has 0 aliphatic heterocycles. The molecule has 0 radical (unpaired) electrons. The lowest BCUT2D eigenvalue weighted by Crippen LogP contribution is -2.03. The molecule has 0 saturated heterocycles. The molecule has 0 amide bonds. The molecule has 1 aromatic carbocycles. The number of aryl methyl sites for hydroxylation is 2. The van der Waals surface area contributed by atoms with Crippen LogP contribution in [-0.2, 0) is 0 Å². The molecule has 1 N–H and O–H groups in total. The molecule has 0 fully saturated rings. The summed E-state index contributed by atoms with van der Waals surface area (Å²) in [7, 11) is 1.41. The van der Waals surface area contributed by atoms with Crippen LogP contribution in [0, 0.1) is 19.7 Å². The summed E-state index contributed by atoms with van der Waals surface area (Å²) in [5.41, 5.74) is 2.84. The van der Waals surface area contributed by atoms with Gasteiger partial charge in [-0.3, -0.25) is 4.98 Å². The van der Waals surface area contributed by atoms with Crippen LogP contribution in [0.2, 0.25) is 0 Å². The zero-order valence-electron chi connectivity index (χ0n) is 11.1. The second-order valence-corrected chi connectivity index (χ2v) is 4.48. The zero-order chi connectivity index (χ0) is 14.0. The van der Waals surface area contributed by atoms with Gasteiger partial charge in [-0.25, -0.2) is 4.39 Å². The van der Waals surface area contributed by atoms with Crippen molar-refractivity contribution in [3.8, 4) is 5.75 Å². The minimum atomic E-state index is -0.874. The van der Waals surface area contributed by atoms with E-state index in [-0.39, 0.29) is 5.75 Å². The first-order chi connectivity index (χ1) is 9.01. The van der Waals surface area contributed by atoms with Crippen molar-refractivity contribution in [2.24, 2.45) is 0 Å². The van der Waals surface area contributed by atoms with E-state index in [1.165, 1.54) is 19.2 Å². The Hall–Kier alpha value is -1.94. The van der Waals surface area contributed by atoms with Gasteiger partial charge in [0.15, 0.2) is 11.6 Å². The third-order valence-corrected chi connectivity index (χ3v) is 2.91. The minimum Gasteiger partial charge on any atom is -0.494 e. The summed E-state index contributed by atoms with van der Waals surface area (Å²) < 4.78 is 18.5. The van der Waals surface area contributed by atoms with Crippen molar-refractivity contribution < 1.29 is 14.2 Å². The van der Waals surface area contributed by atoms with Crippen molar-refractivity contribution in [1.29, 1.82) is 0 Å². The zero-order valence-corrected chi connectivity index (χ0v) is 11.1. The number of ether oxygens (including phenoxy) is 1. The Kier molecular flexibility index (Phi) is 3.81. The summed E-state index contributed by atoms with van der Waals surface area (Å²) in [5.74, 6) is -0.320. The molecule has 0 aliphatic carbocycles. The summed E-state index contributed by atoms with van der Waals surface area (Å²) in [4.78, 5) is 4.25. The lowest BCUT2D eigenvalue weighted by Gasteiger charge is -2.14. The van der Waals surface area contributed by atoms with Crippen molar-refractivity contribution >= 4 is 0 Å². The monoisotopic (exact) mass is 261 g/mol. The Morgan fingerprint density at radius 2 is 1.74 bits per heavy atom. The van der Waals surface area contributed by atoms with Crippen molar-refractivity contribution in [3.63, 3.8) is 0 Å². The maximum absolute atomic E-state index is 13.6. The first-order valence-corrected chi connectivity index (χ1v) is 5.98. The number of pyridine rings is 1. The highest BCUT2D eigenvalue weighted by atomic mass is 19.1. The number of hydrogen-bond acceptors (Lipinski definition) is 3. The van der Waals surface area contributed by atoms with E-state index in [1.54, 1.807) is 18.2 Å². The summed E-state index contributed by atoms with van der Waals surface area (Å²) in [5, 5.41) is 10.3. The molecule has 19 heavy (non-hydrogen) atoms. The SMILES string of the molecule is COc1ccc(C(O)c2cc(C)nc(C)c2)cc1F. The molecular weight excluding hydrogens is 245 g/mol. The van der Waals surface area contributed by atoms with Gasteiger partial charge >= 0.3 is 0 Å². The van der Waals surface area contributed by atoms with Gasteiger partial charge in [0.25, 0.3) is 0 Å². The van der Waals surface area contributed by atoms with Crippen LogP contribution in [-0.4, -0.2) is 17.2 Å². The van der Waals surface area contributed by atoms with E-state index in [1.807, 2.05) is 13.8 Å². The molecule has 1 heterocycles. The highest BCUT2D eigenvalue weighted by Crippen LogP contribution is 2.26. The largest absolute Gasteiger partial charge is 0.494 e. The lowest BCUT2D eigenvalue weighted by atomic mass is 10.0. The van der Waals surface area contributed by atoms with Crippen LogP contribution < -0.4 is 4.74 Å². The van der Waals surface area contributed by atoms with E-state index in [9.17, 15) is 9.50 Å². The lowest BCUT2D eigenvalue weighted by molar-refractivity contribution is 0.219. The maximum Gasteiger partial charge on any atom is 0.165 e. The average Bonchev–Trinajstić information content (AvgIpc) is 2.36. The molecule has 1 unspecified atom stereocenters. The molecule has 1 aromatic heterocycles. The van der Waals surface area contributed by atoms with E-state index in [4.69, 9.17) is 4.74 Å². The molecule has 100 valence electrons. The Morgan fingerprint density at radius 3 is 2.26 bits per heavy atom. The summed E-state index contributed by atoms with van der Waals surface area (Å²) in [6.45, 7) is 3.72. The summed E-state index contributed by atoms with van der Waals surface area (Å²) in [6.07, 6.45) is -0.874. The molecule has 3 nitrogen and oxygen atoms in total. The third-order valence-electron chi connectivity index (χ3n) is 2.91. The molecule has 2 aromatic rings. The van der Waals surface area contributed by atoms with Crippen molar-refractivity contribution in [1.82, 2.24) is 4.98 Å². The number of nitrogens with zero attached hydrogens (tertiary/aromatic N) is 1. The predicted octanol–water partition coefficient (Wildman–Crippen LogP) is 2.93. The van der Waals surface area contributed by atoms with Gasteiger partial charge in [0, 0.05) is 11.4 Å². The fourth-order valence-electron chi connectivity index (χ4n) is 2.07. The molecule has 0 aliphatic rings. The van der Waals surface area contributed by atoms with Crippen molar-refractivity contribution in [2.45, 2.75) is 20.0 Å². The fraction of sp³-hybridized carbons (Fsp3) is 0.267. The minimum absolute atomic E-state index is 0.165. The molecule has 1 atom stereocenters. The second kappa shape index (κ2) is 5.36. The molecule has 0 spiro atoms. The number of hydrogen-bond donors (Lipinski definition) is 1. The second-order valence-electron chi connectivity index (χ2n) is 4.48. The quantitative estimate of drug-likeness (QED) is 0.923. The van der Waals surface area contributed by atoms with Gasteiger partial charge in [0.05, 0.1) is 7.11 Å². The molecule has 2 rings (SSSR count). The Balaban J connectivity index is 2.38. The van der Waals surface area contributed by atoms with Crippen LogP contribution in [0.1, 0.15) is 28.6 Å². The fourth-order valence-corrected chi connectivity index (χ4v) is 2.07. The number of aliphatic hydroxyl groups is 1. The number of methoxy groups -OCH3 is 1. The van der Waals surface area contributed by atoms with Gasteiger partial charge in [-0.1, -0.05) is 6.07 Å².